The van der Waals surface area contributed by atoms with E-state index in [4.69, 9.17) is 4.74 Å². The zero-order valence-electron chi connectivity index (χ0n) is 13.9. The Hall–Kier alpha value is -0.530. The molecule has 0 fully saturated rings. The lowest BCUT2D eigenvalue weighted by Gasteiger charge is -2.22. The minimum Gasteiger partial charge on any atom is -0.466 e. The summed E-state index contributed by atoms with van der Waals surface area (Å²) >= 11 is 0. The molecule has 0 aromatic rings. The molecule has 0 saturated carbocycles. The minimum atomic E-state index is -0.165. The number of hydrogen-bond acceptors (Lipinski definition) is 2. The molecule has 2 nitrogen and oxygen atoms in total. The van der Waals surface area contributed by atoms with Gasteiger partial charge in [-0.3, -0.25) is 4.79 Å². The van der Waals surface area contributed by atoms with Gasteiger partial charge < -0.3 is 4.74 Å². The third kappa shape index (κ3) is 11.0. The molecular weight excluding hydrogens is 236 g/mol. The topological polar surface area (TPSA) is 26.3 Å². The van der Waals surface area contributed by atoms with E-state index in [1.54, 1.807) is 0 Å². The lowest BCUT2D eigenvalue weighted by Crippen LogP contribution is -2.14. The van der Waals surface area contributed by atoms with Gasteiger partial charge in [0, 0.05) is 6.92 Å². The van der Waals surface area contributed by atoms with Crippen LogP contribution in [-0.2, 0) is 9.53 Å². The number of carbonyl (C=O) groups excluding carboxylic acids is 1. The predicted octanol–water partition coefficient (Wildman–Crippen LogP) is 5.06. The van der Waals surface area contributed by atoms with Gasteiger partial charge in [0.25, 0.3) is 0 Å². The molecule has 0 heterocycles. The molecular formula is C17H34O2. The van der Waals surface area contributed by atoms with Gasteiger partial charge in [-0.25, -0.2) is 0 Å². The molecule has 0 aliphatic carbocycles. The van der Waals surface area contributed by atoms with E-state index in [-0.39, 0.29) is 5.97 Å². The van der Waals surface area contributed by atoms with Crippen LogP contribution in [0.5, 0.6) is 0 Å². The van der Waals surface area contributed by atoms with Crippen LogP contribution in [0.25, 0.3) is 0 Å². The van der Waals surface area contributed by atoms with Gasteiger partial charge in [-0.1, -0.05) is 47.5 Å². The molecule has 2 heteroatoms. The summed E-state index contributed by atoms with van der Waals surface area (Å²) in [6, 6.07) is 0. The molecule has 0 spiro atoms. The summed E-state index contributed by atoms with van der Waals surface area (Å²) in [4.78, 5) is 10.8. The van der Waals surface area contributed by atoms with Crippen LogP contribution in [0.1, 0.15) is 73.6 Å². The van der Waals surface area contributed by atoms with E-state index in [0.29, 0.717) is 12.5 Å². The average Bonchev–Trinajstić information content (AvgIpc) is 2.25. The zero-order chi connectivity index (χ0) is 14.8. The fourth-order valence-corrected chi connectivity index (χ4v) is 3.19. The summed E-state index contributed by atoms with van der Waals surface area (Å²) in [5.74, 6) is 2.68. The first-order chi connectivity index (χ1) is 8.85. The summed E-state index contributed by atoms with van der Waals surface area (Å²) in [6.07, 6.45) is 6.43. The Morgan fingerprint density at radius 2 is 1.37 bits per heavy atom. The van der Waals surface area contributed by atoms with Crippen molar-refractivity contribution in [2.75, 3.05) is 6.61 Å². The highest BCUT2D eigenvalue weighted by molar-refractivity contribution is 5.65. The first kappa shape index (κ1) is 18.5. The predicted molar refractivity (Wildman–Crippen MR) is 82.0 cm³/mol. The minimum absolute atomic E-state index is 0.165. The molecule has 0 saturated heterocycles. The Kier molecular flexibility index (Phi) is 9.99. The van der Waals surface area contributed by atoms with Gasteiger partial charge in [-0.05, 0) is 42.9 Å². The summed E-state index contributed by atoms with van der Waals surface area (Å²) in [6.45, 7) is 13.6. The van der Waals surface area contributed by atoms with Crippen molar-refractivity contribution in [1.82, 2.24) is 0 Å². The van der Waals surface area contributed by atoms with Crippen LogP contribution < -0.4 is 0 Å². The standard InChI is InChI=1S/C17H34O2/c1-7-8-13(2)9-14(3)10-15(4)11-16(5)12-19-17(6)18/h13-16H,7-12H2,1-6H3/t13-,14-,15-,16-/m1/s1. The Bertz CT molecular complexity index is 237. The average molecular weight is 270 g/mol. The van der Waals surface area contributed by atoms with Crippen molar-refractivity contribution >= 4 is 5.97 Å². The highest BCUT2D eigenvalue weighted by Crippen LogP contribution is 2.25. The molecule has 0 N–H and O–H groups in total. The molecule has 19 heavy (non-hydrogen) atoms. The quantitative estimate of drug-likeness (QED) is 0.518. The van der Waals surface area contributed by atoms with Gasteiger partial charge in [0.15, 0.2) is 0 Å². The van der Waals surface area contributed by atoms with Crippen molar-refractivity contribution in [1.29, 1.82) is 0 Å². The Morgan fingerprint density at radius 3 is 1.84 bits per heavy atom. The highest BCUT2D eigenvalue weighted by atomic mass is 16.5. The zero-order valence-corrected chi connectivity index (χ0v) is 13.9. The van der Waals surface area contributed by atoms with Crippen molar-refractivity contribution in [3.05, 3.63) is 0 Å². The summed E-state index contributed by atoms with van der Waals surface area (Å²) in [7, 11) is 0. The van der Waals surface area contributed by atoms with Gasteiger partial charge in [0.2, 0.25) is 0 Å². The van der Waals surface area contributed by atoms with E-state index in [0.717, 1.165) is 24.2 Å². The summed E-state index contributed by atoms with van der Waals surface area (Å²) in [5.41, 5.74) is 0. The number of ether oxygens (including phenoxy) is 1. The fourth-order valence-electron chi connectivity index (χ4n) is 3.19. The Morgan fingerprint density at radius 1 is 0.895 bits per heavy atom. The molecule has 0 aromatic heterocycles. The molecule has 4 atom stereocenters. The Balaban J connectivity index is 3.82. The number of esters is 1. The summed E-state index contributed by atoms with van der Waals surface area (Å²) < 4.78 is 5.07. The van der Waals surface area contributed by atoms with E-state index in [1.807, 2.05) is 0 Å². The van der Waals surface area contributed by atoms with E-state index >= 15 is 0 Å². The van der Waals surface area contributed by atoms with Crippen LogP contribution in [0.15, 0.2) is 0 Å². The molecule has 0 radical (unpaired) electrons. The Labute approximate surface area is 120 Å². The lowest BCUT2D eigenvalue weighted by atomic mass is 9.85. The van der Waals surface area contributed by atoms with E-state index in [9.17, 15) is 4.79 Å². The van der Waals surface area contributed by atoms with Crippen molar-refractivity contribution < 1.29 is 9.53 Å². The third-order valence-electron chi connectivity index (χ3n) is 3.77. The molecule has 0 aliphatic heterocycles. The molecule has 114 valence electrons. The van der Waals surface area contributed by atoms with Crippen LogP contribution in [0.2, 0.25) is 0 Å². The maximum absolute atomic E-state index is 10.8. The van der Waals surface area contributed by atoms with Crippen molar-refractivity contribution in [2.45, 2.75) is 73.6 Å². The molecule has 0 amide bonds. The van der Waals surface area contributed by atoms with Gasteiger partial charge in [-0.2, -0.15) is 0 Å². The maximum atomic E-state index is 10.8. The first-order valence-electron chi connectivity index (χ1n) is 7.98. The van der Waals surface area contributed by atoms with Gasteiger partial charge in [-0.15, -0.1) is 0 Å². The number of carbonyl (C=O) groups is 1. The van der Waals surface area contributed by atoms with Gasteiger partial charge >= 0.3 is 5.97 Å². The van der Waals surface area contributed by atoms with Crippen molar-refractivity contribution in [3.8, 4) is 0 Å². The van der Waals surface area contributed by atoms with Gasteiger partial charge in [0.05, 0.1) is 6.61 Å². The van der Waals surface area contributed by atoms with Crippen LogP contribution in [0, 0.1) is 23.7 Å². The largest absolute Gasteiger partial charge is 0.466 e. The second kappa shape index (κ2) is 10.3. The second-order valence-electron chi connectivity index (χ2n) is 6.72. The summed E-state index contributed by atoms with van der Waals surface area (Å²) in [5, 5.41) is 0. The molecule has 0 bridgehead atoms. The van der Waals surface area contributed by atoms with E-state index < -0.39 is 0 Å². The van der Waals surface area contributed by atoms with Crippen LogP contribution in [-0.4, -0.2) is 12.6 Å². The normalized spacial score (nSPS) is 17.6. The smallest absolute Gasteiger partial charge is 0.302 e. The first-order valence-corrected chi connectivity index (χ1v) is 7.98. The second-order valence-corrected chi connectivity index (χ2v) is 6.72. The number of rotatable bonds is 10. The maximum Gasteiger partial charge on any atom is 0.302 e. The van der Waals surface area contributed by atoms with E-state index in [1.165, 1.54) is 32.6 Å². The van der Waals surface area contributed by atoms with Crippen molar-refractivity contribution in [2.24, 2.45) is 23.7 Å². The number of hydrogen-bond donors (Lipinski definition) is 0. The molecule has 0 unspecified atom stereocenters. The monoisotopic (exact) mass is 270 g/mol. The van der Waals surface area contributed by atoms with Crippen molar-refractivity contribution in [3.63, 3.8) is 0 Å². The third-order valence-corrected chi connectivity index (χ3v) is 3.77. The van der Waals surface area contributed by atoms with Crippen LogP contribution in [0.4, 0.5) is 0 Å². The highest BCUT2D eigenvalue weighted by Gasteiger charge is 2.15. The SMILES string of the molecule is CCC[C@@H](C)C[C@@H](C)C[C@@H](C)C[C@@H](C)COC(C)=O. The molecule has 0 aliphatic rings. The van der Waals surface area contributed by atoms with E-state index in [2.05, 4.69) is 34.6 Å². The van der Waals surface area contributed by atoms with Crippen LogP contribution >= 0.6 is 0 Å². The lowest BCUT2D eigenvalue weighted by molar-refractivity contribution is -0.142. The van der Waals surface area contributed by atoms with Crippen LogP contribution in [0.3, 0.4) is 0 Å². The molecule has 0 rings (SSSR count). The van der Waals surface area contributed by atoms with Gasteiger partial charge in [0.1, 0.15) is 0 Å². The molecule has 0 aromatic carbocycles. The fraction of sp³-hybridized carbons (Fsp3) is 0.941.